The highest BCUT2D eigenvalue weighted by atomic mass is 79.9. The minimum atomic E-state index is 0.309. The zero-order valence-electron chi connectivity index (χ0n) is 8.95. The molecule has 0 saturated heterocycles. The van der Waals surface area contributed by atoms with Crippen LogP contribution in [0.4, 0.5) is 11.4 Å². The van der Waals surface area contributed by atoms with Crippen LogP contribution in [0.15, 0.2) is 41.0 Å². The molecule has 0 aliphatic carbocycles. The first-order valence-electron chi connectivity index (χ1n) is 5.05. The van der Waals surface area contributed by atoms with Gasteiger partial charge in [-0.1, -0.05) is 41.9 Å². The summed E-state index contributed by atoms with van der Waals surface area (Å²) < 4.78 is 0.801. The minimum absolute atomic E-state index is 0.309. The number of benzene rings is 1. The van der Waals surface area contributed by atoms with E-state index in [9.17, 15) is 0 Å². The van der Waals surface area contributed by atoms with Crippen molar-refractivity contribution in [2.45, 2.75) is 6.54 Å². The second-order valence-corrected chi connectivity index (χ2v) is 4.74. The number of nitrogens with two attached hydrogens (primary N) is 1. The Morgan fingerprint density at radius 1 is 1.29 bits per heavy atom. The Morgan fingerprint density at radius 2 is 2.00 bits per heavy atom. The lowest BCUT2D eigenvalue weighted by Gasteiger charge is -2.11. The third kappa shape index (κ3) is 2.90. The first-order valence-corrected chi connectivity index (χ1v) is 6.23. The number of pyridine rings is 1. The van der Waals surface area contributed by atoms with Gasteiger partial charge in [-0.05, 0) is 21.5 Å². The largest absolute Gasteiger partial charge is 0.395 e. The van der Waals surface area contributed by atoms with Crippen molar-refractivity contribution in [3.05, 3.63) is 51.7 Å². The van der Waals surface area contributed by atoms with Gasteiger partial charge in [0.2, 0.25) is 0 Å². The lowest BCUT2D eigenvalue weighted by Crippen LogP contribution is -2.04. The molecular weight excluding hydrogens is 302 g/mol. The van der Waals surface area contributed by atoms with Gasteiger partial charge in [-0.15, -0.1) is 0 Å². The van der Waals surface area contributed by atoms with E-state index in [2.05, 4.69) is 26.2 Å². The summed E-state index contributed by atoms with van der Waals surface area (Å²) in [6, 6.07) is 10.1. The van der Waals surface area contributed by atoms with Gasteiger partial charge in [0.05, 0.1) is 15.8 Å². The van der Waals surface area contributed by atoms with Gasteiger partial charge in [-0.25, -0.2) is 4.98 Å². The maximum Gasteiger partial charge on any atom is 0.154 e. The van der Waals surface area contributed by atoms with Crippen LogP contribution in [0.5, 0.6) is 0 Å². The molecule has 0 unspecified atom stereocenters. The molecule has 0 atom stereocenters. The summed E-state index contributed by atoms with van der Waals surface area (Å²) in [5.74, 6) is 0. The third-order valence-corrected chi connectivity index (χ3v) is 3.24. The molecule has 0 amide bonds. The Bertz CT molecular complexity index is 517. The van der Waals surface area contributed by atoms with E-state index in [0.29, 0.717) is 17.4 Å². The molecule has 2 aromatic rings. The number of halogens is 2. The second-order valence-electron chi connectivity index (χ2n) is 3.52. The summed E-state index contributed by atoms with van der Waals surface area (Å²) in [6.45, 7) is 0.685. The molecule has 0 spiro atoms. The molecule has 2 rings (SSSR count). The van der Waals surface area contributed by atoms with Gasteiger partial charge in [0.1, 0.15) is 0 Å². The van der Waals surface area contributed by atoms with Crippen LogP contribution in [0.25, 0.3) is 0 Å². The molecule has 1 aromatic carbocycles. The number of nitrogens with one attached hydrogen (secondary N) is 1. The molecule has 3 N–H and O–H groups in total. The van der Waals surface area contributed by atoms with E-state index < -0.39 is 0 Å². The lowest BCUT2D eigenvalue weighted by atomic mass is 10.2. The maximum absolute atomic E-state index is 5.87. The van der Waals surface area contributed by atoms with Crippen LogP contribution in [0, 0.1) is 0 Å². The topological polar surface area (TPSA) is 50.9 Å². The van der Waals surface area contributed by atoms with Crippen LogP contribution in [0.2, 0.25) is 5.15 Å². The van der Waals surface area contributed by atoms with Gasteiger partial charge in [0.15, 0.2) is 5.15 Å². The molecule has 1 heterocycles. The van der Waals surface area contributed by atoms with E-state index in [0.717, 1.165) is 10.2 Å². The van der Waals surface area contributed by atoms with Crippen LogP contribution in [-0.2, 0) is 6.54 Å². The summed E-state index contributed by atoms with van der Waals surface area (Å²) in [4.78, 5) is 3.95. The fourth-order valence-electron chi connectivity index (χ4n) is 1.45. The molecule has 0 saturated carbocycles. The first-order chi connectivity index (χ1) is 8.18. The van der Waals surface area contributed by atoms with Crippen LogP contribution in [0.3, 0.4) is 0 Å². The highest BCUT2D eigenvalue weighted by molar-refractivity contribution is 9.10. The van der Waals surface area contributed by atoms with Crippen molar-refractivity contribution in [2.75, 3.05) is 11.1 Å². The van der Waals surface area contributed by atoms with E-state index >= 15 is 0 Å². The standard InChI is InChI=1S/C12H11BrClN3/c13-9-7-17-12(14)10(15)11(9)16-6-8-4-2-1-3-5-8/h1-5,7H,6,15H2,(H,16,17). The highest BCUT2D eigenvalue weighted by Gasteiger charge is 2.08. The molecule has 0 bridgehead atoms. The second kappa shape index (κ2) is 5.38. The molecule has 0 fully saturated rings. The Hall–Kier alpha value is -1.26. The van der Waals surface area contributed by atoms with E-state index in [4.69, 9.17) is 17.3 Å². The lowest BCUT2D eigenvalue weighted by molar-refractivity contribution is 1.14. The van der Waals surface area contributed by atoms with Gasteiger partial charge in [0.25, 0.3) is 0 Å². The van der Waals surface area contributed by atoms with E-state index in [1.807, 2.05) is 30.3 Å². The predicted octanol–water partition coefficient (Wildman–Crippen LogP) is 3.69. The van der Waals surface area contributed by atoms with Crippen LogP contribution >= 0.6 is 27.5 Å². The summed E-state index contributed by atoms with van der Waals surface area (Å²) in [6.07, 6.45) is 1.63. The predicted molar refractivity (Wildman–Crippen MR) is 75.1 cm³/mol. The van der Waals surface area contributed by atoms with Crippen molar-refractivity contribution in [1.82, 2.24) is 4.98 Å². The van der Waals surface area contributed by atoms with Gasteiger partial charge in [-0.2, -0.15) is 0 Å². The zero-order valence-corrected chi connectivity index (χ0v) is 11.3. The average molecular weight is 313 g/mol. The number of rotatable bonds is 3. The fraction of sp³-hybridized carbons (Fsp3) is 0.0833. The van der Waals surface area contributed by atoms with Crippen molar-refractivity contribution in [3.63, 3.8) is 0 Å². The molecule has 1 aromatic heterocycles. The van der Waals surface area contributed by atoms with Gasteiger partial charge in [0, 0.05) is 12.7 Å². The molecule has 0 aliphatic rings. The number of hydrogen-bond acceptors (Lipinski definition) is 3. The first kappa shape index (κ1) is 12.2. The molecule has 0 aliphatic heterocycles. The number of nitrogen functional groups attached to an aromatic ring is 1. The highest BCUT2D eigenvalue weighted by Crippen LogP contribution is 2.32. The monoisotopic (exact) mass is 311 g/mol. The number of hydrogen-bond donors (Lipinski definition) is 2. The fourth-order valence-corrected chi connectivity index (χ4v) is 2.04. The average Bonchev–Trinajstić information content (AvgIpc) is 2.35. The van der Waals surface area contributed by atoms with Gasteiger partial charge < -0.3 is 11.1 Å². The zero-order chi connectivity index (χ0) is 12.3. The van der Waals surface area contributed by atoms with Crippen molar-refractivity contribution < 1.29 is 0 Å². The Morgan fingerprint density at radius 3 is 2.71 bits per heavy atom. The van der Waals surface area contributed by atoms with E-state index in [-0.39, 0.29) is 0 Å². The summed E-state index contributed by atoms with van der Waals surface area (Å²) in [5.41, 5.74) is 8.26. The normalized spacial score (nSPS) is 10.2. The molecule has 5 heteroatoms. The summed E-state index contributed by atoms with van der Waals surface area (Å²) >= 11 is 9.26. The number of nitrogens with zero attached hydrogens (tertiary/aromatic N) is 1. The summed E-state index contributed by atoms with van der Waals surface area (Å²) in [7, 11) is 0. The third-order valence-electron chi connectivity index (χ3n) is 2.33. The van der Waals surface area contributed by atoms with Crippen molar-refractivity contribution in [3.8, 4) is 0 Å². The SMILES string of the molecule is Nc1c(Cl)ncc(Br)c1NCc1ccccc1. The van der Waals surface area contributed by atoms with E-state index in [1.54, 1.807) is 6.20 Å². The molecule has 88 valence electrons. The Balaban J connectivity index is 2.17. The van der Waals surface area contributed by atoms with Gasteiger partial charge >= 0.3 is 0 Å². The van der Waals surface area contributed by atoms with Crippen LogP contribution < -0.4 is 11.1 Å². The Kier molecular flexibility index (Phi) is 3.86. The Labute approximate surface area is 113 Å². The van der Waals surface area contributed by atoms with Crippen LogP contribution in [0.1, 0.15) is 5.56 Å². The quantitative estimate of drug-likeness (QED) is 0.850. The van der Waals surface area contributed by atoms with Crippen LogP contribution in [-0.4, -0.2) is 4.98 Å². The summed E-state index contributed by atoms with van der Waals surface area (Å²) in [5, 5.41) is 3.55. The molecular formula is C12H11BrClN3. The number of aromatic nitrogens is 1. The molecule has 0 radical (unpaired) electrons. The number of anilines is 2. The smallest absolute Gasteiger partial charge is 0.154 e. The van der Waals surface area contributed by atoms with Gasteiger partial charge in [-0.3, -0.25) is 0 Å². The molecule has 3 nitrogen and oxygen atoms in total. The van der Waals surface area contributed by atoms with Crippen molar-refractivity contribution in [1.29, 1.82) is 0 Å². The maximum atomic E-state index is 5.87. The molecule has 17 heavy (non-hydrogen) atoms. The van der Waals surface area contributed by atoms with E-state index in [1.165, 1.54) is 5.56 Å². The van der Waals surface area contributed by atoms with Crippen molar-refractivity contribution >= 4 is 38.9 Å². The van der Waals surface area contributed by atoms with Crippen molar-refractivity contribution in [2.24, 2.45) is 0 Å². The minimum Gasteiger partial charge on any atom is -0.395 e.